The standard InChI is InChI=1S/C28H36ClN6O3P/c1-7-26(36)35(17-11-10-16-34(2)3)20-14-15-24(38-4)23(18-20)32-28-30-19-21(29)27(33-28)31-22-12-8-9-13-25(22)39(5,6)37/h7-9,12-15,18-19H,1,10-11,16-17H2,2-6H3,(H2,30,31,32,33). The molecule has 0 saturated carbocycles. The van der Waals surface area contributed by atoms with Crippen molar-refractivity contribution in [1.29, 1.82) is 0 Å². The molecule has 9 nitrogen and oxygen atoms in total. The van der Waals surface area contributed by atoms with Gasteiger partial charge in [-0.15, -0.1) is 0 Å². The molecule has 1 heterocycles. The summed E-state index contributed by atoms with van der Waals surface area (Å²) in [4.78, 5) is 25.4. The number of nitrogens with one attached hydrogen (secondary N) is 2. The summed E-state index contributed by atoms with van der Waals surface area (Å²) in [7, 11) is 3.07. The zero-order valence-electron chi connectivity index (χ0n) is 23.1. The number of unbranched alkanes of at least 4 members (excludes halogenated alkanes) is 1. The molecule has 2 aromatic carbocycles. The number of halogens is 1. The van der Waals surface area contributed by atoms with Crippen LogP contribution in [0, 0.1) is 0 Å². The van der Waals surface area contributed by atoms with E-state index in [1.54, 1.807) is 31.4 Å². The number of hydrogen-bond acceptors (Lipinski definition) is 8. The number of ether oxygens (including phenoxy) is 1. The van der Waals surface area contributed by atoms with E-state index in [0.717, 1.165) is 19.4 Å². The van der Waals surface area contributed by atoms with Gasteiger partial charge in [0.25, 0.3) is 0 Å². The predicted molar refractivity (Wildman–Crippen MR) is 162 cm³/mol. The van der Waals surface area contributed by atoms with Crippen molar-refractivity contribution in [1.82, 2.24) is 14.9 Å². The van der Waals surface area contributed by atoms with E-state index in [1.165, 1.54) is 12.3 Å². The van der Waals surface area contributed by atoms with Crippen LogP contribution in [-0.4, -0.2) is 68.4 Å². The van der Waals surface area contributed by atoms with Gasteiger partial charge in [-0.1, -0.05) is 30.3 Å². The van der Waals surface area contributed by atoms with Crippen molar-refractivity contribution >= 4 is 58.8 Å². The van der Waals surface area contributed by atoms with Crippen LogP contribution in [0.25, 0.3) is 0 Å². The number of nitrogens with zero attached hydrogens (tertiary/aromatic N) is 4. The van der Waals surface area contributed by atoms with Gasteiger partial charge >= 0.3 is 0 Å². The molecule has 0 aliphatic rings. The number of methoxy groups -OCH3 is 1. The first-order chi connectivity index (χ1) is 18.5. The van der Waals surface area contributed by atoms with E-state index in [0.29, 0.717) is 45.5 Å². The number of rotatable bonds is 13. The van der Waals surface area contributed by atoms with Crippen LogP contribution in [0.1, 0.15) is 12.8 Å². The van der Waals surface area contributed by atoms with Gasteiger partial charge < -0.3 is 29.7 Å². The zero-order valence-corrected chi connectivity index (χ0v) is 24.7. The number of anilines is 5. The lowest BCUT2D eigenvalue weighted by molar-refractivity contribution is -0.114. The number of para-hydroxylation sites is 1. The number of amides is 1. The summed E-state index contributed by atoms with van der Waals surface area (Å²) in [5.74, 6) is 0.981. The molecule has 39 heavy (non-hydrogen) atoms. The van der Waals surface area contributed by atoms with Crippen molar-refractivity contribution in [3.05, 3.63) is 66.3 Å². The molecule has 3 rings (SSSR count). The van der Waals surface area contributed by atoms with E-state index in [-0.39, 0.29) is 11.9 Å². The van der Waals surface area contributed by atoms with Crippen molar-refractivity contribution < 1.29 is 14.1 Å². The highest BCUT2D eigenvalue weighted by molar-refractivity contribution is 7.70. The maximum atomic E-state index is 12.8. The van der Waals surface area contributed by atoms with Crippen LogP contribution in [0.3, 0.4) is 0 Å². The lowest BCUT2D eigenvalue weighted by Crippen LogP contribution is -2.30. The number of carbonyl (C=O) groups excluding carboxylic acids is 1. The first-order valence-electron chi connectivity index (χ1n) is 12.5. The Bertz CT molecular complexity index is 1360. The third-order valence-electron chi connectivity index (χ3n) is 5.90. The molecule has 0 saturated heterocycles. The monoisotopic (exact) mass is 570 g/mol. The van der Waals surface area contributed by atoms with Crippen molar-refractivity contribution in [3.63, 3.8) is 0 Å². The fourth-order valence-electron chi connectivity index (χ4n) is 3.95. The second-order valence-electron chi connectivity index (χ2n) is 9.60. The number of benzene rings is 2. The highest BCUT2D eigenvalue weighted by atomic mass is 35.5. The second-order valence-corrected chi connectivity index (χ2v) is 13.2. The highest BCUT2D eigenvalue weighted by Gasteiger charge is 2.18. The number of hydrogen-bond donors (Lipinski definition) is 2. The van der Waals surface area contributed by atoms with Crippen molar-refractivity contribution in [2.45, 2.75) is 12.8 Å². The Balaban J connectivity index is 1.90. The summed E-state index contributed by atoms with van der Waals surface area (Å²) in [6.07, 6.45) is 4.59. The summed E-state index contributed by atoms with van der Waals surface area (Å²) >= 11 is 6.41. The molecular formula is C28H36ClN6O3P. The number of aromatic nitrogens is 2. The van der Waals surface area contributed by atoms with Crippen LogP contribution >= 0.6 is 18.7 Å². The van der Waals surface area contributed by atoms with Gasteiger partial charge in [0.2, 0.25) is 11.9 Å². The minimum absolute atomic E-state index is 0.187. The van der Waals surface area contributed by atoms with E-state index >= 15 is 0 Å². The average molecular weight is 571 g/mol. The third-order valence-corrected chi connectivity index (χ3v) is 7.73. The molecule has 1 amide bonds. The maximum Gasteiger partial charge on any atom is 0.250 e. The molecule has 0 bridgehead atoms. The van der Waals surface area contributed by atoms with Crippen LogP contribution < -0.4 is 25.6 Å². The molecule has 0 fully saturated rings. The fraction of sp³-hybridized carbons (Fsp3) is 0.321. The Morgan fingerprint density at radius 1 is 1.10 bits per heavy atom. The topological polar surface area (TPSA) is 99.7 Å². The van der Waals surface area contributed by atoms with E-state index < -0.39 is 7.14 Å². The van der Waals surface area contributed by atoms with E-state index in [4.69, 9.17) is 16.3 Å². The fourth-order valence-corrected chi connectivity index (χ4v) is 5.24. The maximum absolute atomic E-state index is 12.8. The van der Waals surface area contributed by atoms with Gasteiger partial charge in [-0.3, -0.25) is 4.79 Å². The average Bonchev–Trinajstić information content (AvgIpc) is 2.89. The van der Waals surface area contributed by atoms with Crippen molar-refractivity contribution in [3.8, 4) is 5.75 Å². The Morgan fingerprint density at radius 3 is 2.49 bits per heavy atom. The summed E-state index contributed by atoms with van der Waals surface area (Å²) in [6.45, 7) is 8.58. The first kappa shape index (κ1) is 30.2. The lowest BCUT2D eigenvalue weighted by Gasteiger charge is -2.23. The molecule has 3 aromatic rings. The Kier molecular flexibility index (Phi) is 10.5. The van der Waals surface area contributed by atoms with Gasteiger partial charge in [0.1, 0.15) is 17.9 Å². The normalized spacial score (nSPS) is 11.3. The molecule has 1 aromatic heterocycles. The van der Waals surface area contributed by atoms with Gasteiger partial charge in [0.15, 0.2) is 5.82 Å². The van der Waals surface area contributed by atoms with E-state index in [2.05, 4.69) is 32.1 Å². The minimum Gasteiger partial charge on any atom is -0.495 e. The van der Waals surface area contributed by atoms with Gasteiger partial charge in [0, 0.05) is 17.5 Å². The number of carbonyl (C=O) groups is 1. The summed E-state index contributed by atoms with van der Waals surface area (Å²) in [5, 5.41) is 7.38. The SMILES string of the molecule is C=CC(=O)N(CCCCN(C)C)c1ccc(OC)c(Nc2ncc(Cl)c(Nc3ccccc3P(C)(C)=O)n2)c1. The van der Waals surface area contributed by atoms with Gasteiger partial charge in [-0.25, -0.2) is 4.98 Å². The molecule has 0 aliphatic heterocycles. The van der Waals surface area contributed by atoms with Gasteiger partial charge in [0.05, 0.1) is 24.7 Å². The van der Waals surface area contributed by atoms with Crippen LogP contribution in [0.15, 0.2) is 61.3 Å². The van der Waals surface area contributed by atoms with Crippen LogP contribution in [0.2, 0.25) is 5.02 Å². The lowest BCUT2D eigenvalue weighted by atomic mass is 10.2. The van der Waals surface area contributed by atoms with Crippen LogP contribution in [-0.2, 0) is 9.36 Å². The minimum atomic E-state index is -2.55. The van der Waals surface area contributed by atoms with Gasteiger partial charge in [-0.05, 0) is 83.2 Å². The van der Waals surface area contributed by atoms with Crippen molar-refractivity contribution in [2.24, 2.45) is 0 Å². The Morgan fingerprint density at radius 2 is 1.82 bits per heavy atom. The smallest absolute Gasteiger partial charge is 0.250 e. The van der Waals surface area contributed by atoms with Crippen LogP contribution in [0.4, 0.5) is 28.8 Å². The largest absolute Gasteiger partial charge is 0.495 e. The Hall–Kier alpha value is -3.39. The molecule has 11 heteroatoms. The molecular weight excluding hydrogens is 535 g/mol. The molecule has 0 unspecified atom stereocenters. The zero-order chi connectivity index (χ0) is 28.6. The highest BCUT2D eigenvalue weighted by Crippen LogP contribution is 2.39. The molecule has 0 aliphatic carbocycles. The Labute approximate surface area is 235 Å². The first-order valence-corrected chi connectivity index (χ1v) is 15.5. The van der Waals surface area contributed by atoms with Crippen LogP contribution in [0.5, 0.6) is 5.75 Å². The molecule has 0 radical (unpaired) electrons. The quantitative estimate of drug-likeness (QED) is 0.153. The summed E-state index contributed by atoms with van der Waals surface area (Å²) in [6, 6.07) is 12.8. The van der Waals surface area contributed by atoms with Crippen molar-refractivity contribution in [2.75, 3.05) is 63.2 Å². The van der Waals surface area contributed by atoms with E-state index in [9.17, 15) is 9.36 Å². The van der Waals surface area contributed by atoms with E-state index in [1.807, 2.05) is 50.5 Å². The second kappa shape index (κ2) is 13.6. The molecule has 0 spiro atoms. The molecule has 0 atom stereocenters. The molecule has 208 valence electrons. The summed E-state index contributed by atoms with van der Waals surface area (Å²) < 4.78 is 18.3. The van der Waals surface area contributed by atoms with Gasteiger partial charge in [-0.2, -0.15) is 4.98 Å². The third kappa shape index (κ3) is 8.30. The molecule has 2 N–H and O–H groups in total. The summed E-state index contributed by atoms with van der Waals surface area (Å²) in [5.41, 5.74) is 1.92. The predicted octanol–water partition coefficient (Wildman–Crippen LogP) is 5.73.